The van der Waals surface area contributed by atoms with E-state index in [4.69, 9.17) is 5.26 Å². The van der Waals surface area contributed by atoms with Gasteiger partial charge in [-0.15, -0.1) is 0 Å². The highest BCUT2D eigenvalue weighted by Gasteiger charge is 2.28. The molecule has 31 heavy (non-hydrogen) atoms. The first-order chi connectivity index (χ1) is 15.1. The minimum Gasteiger partial charge on any atom is -0.349 e. The lowest BCUT2D eigenvalue weighted by Gasteiger charge is -2.26. The van der Waals surface area contributed by atoms with Gasteiger partial charge in [-0.2, -0.15) is 5.26 Å². The van der Waals surface area contributed by atoms with Gasteiger partial charge in [-0.3, -0.25) is 9.59 Å². The van der Waals surface area contributed by atoms with Crippen molar-refractivity contribution in [1.82, 2.24) is 5.32 Å². The lowest BCUT2D eigenvalue weighted by atomic mass is 9.91. The van der Waals surface area contributed by atoms with Crippen LogP contribution >= 0.6 is 0 Å². The Morgan fingerprint density at radius 3 is 2.39 bits per heavy atom. The Morgan fingerprint density at radius 1 is 1.06 bits per heavy atom. The maximum Gasteiger partial charge on any atom is 0.227 e. The molecule has 6 heteroatoms. The van der Waals surface area contributed by atoms with E-state index in [1.807, 2.05) is 30.3 Å². The van der Waals surface area contributed by atoms with Crippen molar-refractivity contribution < 1.29 is 14.0 Å². The molecule has 1 fully saturated rings. The highest BCUT2D eigenvalue weighted by Crippen LogP contribution is 2.36. The number of benzene rings is 2. The predicted molar refractivity (Wildman–Crippen MR) is 118 cm³/mol. The van der Waals surface area contributed by atoms with Gasteiger partial charge in [0.25, 0.3) is 0 Å². The SMILES string of the molecule is N#CCCN(C(=O)CCC(=O)NC(c1ccc(F)cc1)C1CCCC1)c1ccccc1. The Hall–Kier alpha value is -3.20. The van der Waals surface area contributed by atoms with Crippen LogP contribution in [0.3, 0.4) is 0 Å². The smallest absolute Gasteiger partial charge is 0.227 e. The van der Waals surface area contributed by atoms with E-state index in [0.717, 1.165) is 36.9 Å². The lowest BCUT2D eigenvalue weighted by Crippen LogP contribution is -2.35. The molecule has 0 bridgehead atoms. The molecule has 2 aromatic carbocycles. The number of rotatable bonds is 9. The zero-order valence-electron chi connectivity index (χ0n) is 17.6. The minimum absolute atomic E-state index is 0.0625. The summed E-state index contributed by atoms with van der Waals surface area (Å²) in [6.45, 7) is 0.293. The van der Waals surface area contributed by atoms with Gasteiger partial charge >= 0.3 is 0 Å². The zero-order chi connectivity index (χ0) is 22.1. The summed E-state index contributed by atoms with van der Waals surface area (Å²) < 4.78 is 13.4. The standard InChI is InChI=1S/C25H28FN3O2/c26-21-13-11-20(12-14-21)25(19-7-4-5-8-19)28-23(30)15-16-24(31)29(18-6-17-27)22-9-2-1-3-10-22/h1-3,9-14,19,25H,4-8,15-16,18H2,(H,28,30). The van der Waals surface area contributed by atoms with E-state index >= 15 is 0 Å². The number of carbonyl (C=O) groups excluding carboxylic acids is 2. The first-order valence-electron chi connectivity index (χ1n) is 10.9. The second-order valence-electron chi connectivity index (χ2n) is 7.93. The second kappa shape index (κ2) is 11.3. The van der Waals surface area contributed by atoms with Crippen LogP contribution in [0.4, 0.5) is 10.1 Å². The zero-order valence-corrected chi connectivity index (χ0v) is 17.6. The van der Waals surface area contributed by atoms with Crippen LogP contribution in [0.15, 0.2) is 54.6 Å². The largest absolute Gasteiger partial charge is 0.349 e. The number of hydrogen-bond donors (Lipinski definition) is 1. The van der Waals surface area contributed by atoms with E-state index in [-0.39, 0.29) is 42.9 Å². The molecule has 3 rings (SSSR count). The Morgan fingerprint density at radius 2 is 1.74 bits per heavy atom. The molecule has 0 saturated heterocycles. The van der Waals surface area contributed by atoms with E-state index < -0.39 is 0 Å². The molecule has 1 aliphatic rings. The topological polar surface area (TPSA) is 73.2 Å². The van der Waals surface area contributed by atoms with Gasteiger partial charge in [-0.1, -0.05) is 43.2 Å². The van der Waals surface area contributed by atoms with E-state index in [2.05, 4.69) is 11.4 Å². The van der Waals surface area contributed by atoms with Crippen molar-refractivity contribution in [3.8, 4) is 6.07 Å². The van der Waals surface area contributed by atoms with E-state index in [1.165, 1.54) is 12.1 Å². The van der Waals surface area contributed by atoms with Crippen molar-refractivity contribution in [2.75, 3.05) is 11.4 Å². The molecule has 1 N–H and O–H groups in total. The predicted octanol–water partition coefficient (Wildman–Crippen LogP) is 4.90. The average molecular weight is 422 g/mol. The lowest BCUT2D eigenvalue weighted by molar-refractivity contribution is -0.126. The maximum absolute atomic E-state index is 13.4. The van der Waals surface area contributed by atoms with Crippen LogP contribution in [0.5, 0.6) is 0 Å². The van der Waals surface area contributed by atoms with E-state index in [0.29, 0.717) is 12.5 Å². The van der Waals surface area contributed by atoms with Crippen LogP contribution < -0.4 is 10.2 Å². The summed E-state index contributed by atoms with van der Waals surface area (Å²) in [6.07, 6.45) is 4.66. The van der Waals surface area contributed by atoms with Gasteiger partial charge in [0.1, 0.15) is 5.82 Å². The summed E-state index contributed by atoms with van der Waals surface area (Å²) in [5.74, 6) is -0.357. The third kappa shape index (κ3) is 6.39. The molecule has 1 saturated carbocycles. The van der Waals surface area contributed by atoms with Gasteiger partial charge < -0.3 is 10.2 Å². The number of para-hydroxylation sites is 1. The quantitative estimate of drug-likeness (QED) is 0.626. The fourth-order valence-electron chi connectivity index (χ4n) is 4.20. The summed E-state index contributed by atoms with van der Waals surface area (Å²) in [5.41, 5.74) is 1.62. The number of nitrogens with one attached hydrogen (secondary N) is 1. The summed E-state index contributed by atoms with van der Waals surface area (Å²) in [6, 6.07) is 17.4. The number of halogens is 1. The third-order valence-corrected chi connectivity index (χ3v) is 5.80. The third-order valence-electron chi connectivity index (χ3n) is 5.80. The molecular formula is C25H28FN3O2. The number of nitrogens with zero attached hydrogens (tertiary/aromatic N) is 2. The number of anilines is 1. The van der Waals surface area contributed by atoms with Crippen molar-refractivity contribution in [3.63, 3.8) is 0 Å². The first-order valence-corrected chi connectivity index (χ1v) is 10.9. The van der Waals surface area contributed by atoms with Gasteiger partial charge in [-0.25, -0.2) is 4.39 Å². The summed E-state index contributed by atoms with van der Waals surface area (Å²) in [4.78, 5) is 27.1. The Labute approximate surface area is 182 Å². The Kier molecular flexibility index (Phi) is 8.17. The minimum atomic E-state index is -0.302. The average Bonchev–Trinajstić information content (AvgIpc) is 3.32. The molecule has 1 aliphatic carbocycles. The second-order valence-corrected chi connectivity index (χ2v) is 7.93. The molecule has 5 nitrogen and oxygen atoms in total. The fourth-order valence-corrected chi connectivity index (χ4v) is 4.20. The van der Waals surface area contributed by atoms with Gasteiger partial charge in [-0.05, 0) is 48.6 Å². The van der Waals surface area contributed by atoms with Crippen LogP contribution in [0.2, 0.25) is 0 Å². The molecule has 162 valence electrons. The summed E-state index contributed by atoms with van der Waals surface area (Å²) in [5, 5.41) is 12.0. The maximum atomic E-state index is 13.4. The van der Waals surface area contributed by atoms with Gasteiger partial charge in [0.05, 0.1) is 18.5 Å². The van der Waals surface area contributed by atoms with E-state index in [1.54, 1.807) is 17.0 Å². The van der Waals surface area contributed by atoms with Gasteiger partial charge in [0.2, 0.25) is 11.8 Å². The molecule has 2 amide bonds. The van der Waals surface area contributed by atoms with Crippen molar-refractivity contribution >= 4 is 17.5 Å². The molecule has 1 atom stereocenters. The molecule has 0 heterocycles. The summed E-state index contributed by atoms with van der Waals surface area (Å²) in [7, 11) is 0. The van der Waals surface area contributed by atoms with E-state index in [9.17, 15) is 14.0 Å². The van der Waals surface area contributed by atoms with Crippen LogP contribution in [-0.4, -0.2) is 18.4 Å². The van der Waals surface area contributed by atoms with Crippen LogP contribution in [0.25, 0.3) is 0 Å². The molecule has 0 radical (unpaired) electrons. The summed E-state index contributed by atoms with van der Waals surface area (Å²) >= 11 is 0. The first kappa shape index (κ1) is 22.5. The van der Waals surface area contributed by atoms with Gasteiger partial charge in [0.15, 0.2) is 0 Å². The number of hydrogen-bond acceptors (Lipinski definition) is 3. The normalized spacial score (nSPS) is 14.6. The molecule has 1 unspecified atom stereocenters. The Balaban J connectivity index is 1.62. The highest BCUT2D eigenvalue weighted by atomic mass is 19.1. The number of carbonyl (C=O) groups is 2. The van der Waals surface area contributed by atoms with Crippen molar-refractivity contribution in [2.24, 2.45) is 5.92 Å². The van der Waals surface area contributed by atoms with Gasteiger partial charge in [0, 0.05) is 25.1 Å². The molecule has 0 aliphatic heterocycles. The van der Waals surface area contributed by atoms with Crippen LogP contribution in [0.1, 0.15) is 56.6 Å². The van der Waals surface area contributed by atoms with Crippen molar-refractivity contribution in [1.29, 1.82) is 5.26 Å². The van der Waals surface area contributed by atoms with Crippen molar-refractivity contribution in [3.05, 3.63) is 66.0 Å². The fraction of sp³-hybridized carbons (Fsp3) is 0.400. The van der Waals surface area contributed by atoms with Crippen LogP contribution in [-0.2, 0) is 9.59 Å². The number of amides is 2. The monoisotopic (exact) mass is 421 g/mol. The molecule has 2 aromatic rings. The van der Waals surface area contributed by atoms with Crippen molar-refractivity contribution in [2.45, 2.75) is 51.0 Å². The molecule has 0 spiro atoms. The highest BCUT2D eigenvalue weighted by molar-refractivity contribution is 5.95. The Bertz CT molecular complexity index is 903. The molecular weight excluding hydrogens is 393 g/mol. The number of nitriles is 1. The molecule has 0 aromatic heterocycles. The van der Waals surface area contributed by atoms with Crippen LogP contribution in [0, 0.1) is 23.1 Å².